The number of imidazole rings is 1. The molecule has 118 valence electrons. The summed E-state index contributed by atoms with van der Waals surface area (Å²) in [5.74, 6) is -2.21. The summed E-state index contributed by atoms with van der Waals surface area (Å²) in [5, 5.41) is 0.0283. The van der Waals surface area contributed by atoms with Crippen molar-refractivity contribution < 1.29 is 27.1 Å². The predicted molar refractivity (Wildman–Crippen MR) is 69.5 cm³/mol. The highest BCUT2D eigenvalue weighted by atomic mass is 35.5. The number of nitrogens with zero attached hydrogens (tertiary/aromatic N) is 2. The number of aromatic nitrogens is 2. The van der Waals surface area contributed by atoms with Crippen molar-refractivity contribution in [2.45, 2.75) is 13.1 Å². The molecule has 0 saturated carbocycles. The summed E-state index contributed by atoms with van der Waals surface area (Å²) < 4.78 is 58.5. The maximum Gasteiger partial charge on any atom is 0.434 e. The summed E-state index contributed by atoms with van der Waals surface area (Å²) in [4.78, 5) is 15.0. The molecule has 1 aromatic carbocycles. The molecule has 2 rings (SSSR count). The fraction of sp³-hybridized carbons (Fsp3) is 0.231. The maximum atomic E-state index is 13.8. The van der Waals surface area contributed by atoms with E-state index in [9.17, 15) is 22.4 Å². The van der Waals surface area contributed by atoms with Crippen molar-refractivity contribution in [1.82, 2.24) is 9.55 Å². The van der Waals surface area contributed by atoms with Crippen LogP contribution >= 0.6 is 11.6 Å². The molecule has 0 amide bonds. The third-order valence-corrected chi connectivity index (χ3v) is 2.91. The van der Waals surface area contributed by atoms with Crippen LogP contribution in [0.2, 0.25) is 5.02 Å². The number of rotatable bonds is 3. The zero-order chi connectivity index (χ0) is 16.5. The lowest BCUT2D eigenvalue weighted by molar-refractivity contribution is -0.142. The van der Waals surface area contributed by atoms with E-state index in [-0.39, 0.29) is 11.6 Å². The Labute approximate surface area is 127 Å². The van der Waals surface area contributed by atoms with E-state index in [0.29, 0.717) is 10.9 Å². The van der Waals surface area contributed by atoms with Gasteiger partial charge in [0.2, 0.25) is 0 Å². The van der Waals surface area contributed by atoms with E-state index in [1.807, 2.05) is 0 Å². The zero-order valence-electron chi connectivity index (χ0n) is 11.1. The topological polar surface area (TPSA) is 44.1 Å². The van der Waals surface area contributed by atoms with Gasteiger partial charge in [-0.25, -0.2) is 14.2 Å². The molecule has 0 atom stereocenters. The zero-order valence-corrected chi connectivity index (χ0v) is 11.9. The smallest absolute Gasteiger partial charge is 0.434 e. The number of esters is 1. The molecular formula is C13H9ClF4N2O2. The highest BCUT2D eigenvalue weighted by molar-refractivity contribution is 6.30. The van der Waals surface area contributed by atoms with E-state index in [4.69, 9.17) is 11.6 Å². The molecule has 0 radical (unpaired) electrons. The van der Waals surface area contributed by atoms with Gasteiger partial charge < -0.3 is 4.74 Å². The van der Waals surface area contributed by atoms with E-state index < -0.39 is 35.0 Å². The number of alkyl halides is 3. The molecule has 0 N–H and O–H groups in total. The lowest BCUT2D eigenvalue weighted by atomic mass is 10.2. The molecular weight excluding hydrogens is 328 g/mol. The number of ether oxygens (including phenoxy) is 1. The van der Waals surface area contributed by atoms with Gasteiger partial charge in [0.1, 0.15) is 12.1 Å². The molecule has 0 aliphatic carbocycles. The molecule has 1 aromatic heterocycles. The molecule has 0 unspecified atom stereocenters. The molecule has 22 heavy (non-hydrogen) atoms. The van der Waals surface area contributed by atoms with Crippen molar-refractivity contribution in [3.63, 3.8) is 0 Å². The number of benzene rings is 1. The first-order chi connectivity index (χ1) is 10.3. The molecule has 9 heteroatoms. The SMILES string of the molecule is CCOC(=O)c1ncn(-c2ccc(Cl)cc2F)c1C(F)(F)F. The largest absolute Gasteiger partial charge is 0.461 e. The van der Waals surface area contributed by atoms with Gasteiger partial charge in [-0.3, -0.25) is 4.57 Å². The molecule has 1 heterocycles. The summed E-state index contributed by atoms with van der Waals surface area (Å²) in [5.41, 5.74) is -2.77. The normalized spacial score (nSPS) is 11.5. The van der Waals surface area contributed by atoms with Crippen LogP contribution in [-0.2, 0) is 10.9 Å². The van der Waals surface area contributed by atoms with Crippen LogP contribution in [0.3, 0.4) is 0 Å². The van der Waals surface area contributed by atoms with Crippen LogP contribution in [0.1, 0.15) is 23.1 Å². The molecule has 0 bridgehead atoms. The third-order valence-electron chi connectivity index (χ3n) is 2.67. The Morgan fingerprint density at radius 1 is 1.41 bits per heavy atom. The van der Waals surface area contributed by atoms with E-state index in [1.54, 1.807) is 0 Å². The summed E-state index contributed by atoms with van der Waals surface area (Å²) in [6.07, 6.45) is -4.22. The van der Waals surface area contributed by atoms with Crippen LogP contribution < -0.4 is 0 Å². The van der Waals surface area contributed by atoms with Crippen LogP contribution in [0.5, 0.6) is 0 Å². The van der Waals surface area contributed by atoms with Crippen molar-refractivity contribution in [2.24, 2.45) is 0 Å². The molecule has 0 aliphatic rings. The first kappa shape index (κ1) is 16.3. The Bertz CT molecular complexity index is 713. The Morgan fingerprint density at radius 2 is 2.09 bits per heavy atom. The molecule has 0 fully saturated rings. The average molecular weight is 337 g/mol. The van der Waals surface area contributed by atoms with Gasteiger partial charge in [0, 0.05) is 5.02 Å². The monoisotopic (exact) mass is 336 g/mol. The van der Waals surface area contributed by atoms with Crippen LogP contribution in [0, 0.1) is 5.82 Å². The minimum atomic E-state index is -4.93. The average Bonchev–Trinajstić information content (AvgIpc) is 2.83. The van der Waals surface area contributed by atoms with Crippen molar-refractivity contribution in [3.8, 4) is 5.69 Å². The van der Waals surface area contributed by atoms with Gasteiger partial charge in [-0.05, 0) is 25.1 Å². The summed E-state index contributed by atoms with van der Waals surface area (Å²) in [7, 11) is 0. The van der Waals surface area contributed by atoms with E-state index in [2.05, 4.69) is 9.72 Å². The van der Waals surface area contributed by atoms with E-state index in [0.717, 1.165) is 12.1 Å². The van der Waals surface area contributed by atoms with Gasteiger partial charge in [-0.2, -0.15) is 13.2 Å². The molecule has 0 spiro atoms. The number of hydrogen-bond donors (Lipinski definition) is 0. The Hall–Kier alpha value is -2.09. The number of carbonyl (C=O) groups excluding carboxylic acids is 1. The molecule has 0 aliphatic heterocycles. The van der Waals surface area contributed by atoms with Crippen LogP contribution in [0.25, 0.3) is 5.69 Å². The number of halogens is 5. The molecule has 4 nitrogen and oxygen atoms in total. The molecule has 0 saturated heterocycles. The summed E-state index contributed by atoms with van der Waals surface area (Å²) in [6.45, 7) is 1.33. The second-order valence-corrected chi connectivity index (χ2v) is 4.56. The lowest BCUT2D eigenvalue weighted by Gasteiger charge is -2.13. The second-order valence-electron chi connectivity index (χ2n) is 4.13. The first-order valence-electron chi connectivity index (χ1n) is 6.02. The van der Waals surface area contributed by atoms with Crippen LogP contribution in [0.15, 0.2) is 24.5 Å². The van der Waals surface area contributed by atoms with Crippen LogP contribution in [0.4, 0.5) is 17.6 Å². The van der Waals surface area contributed by atoms with Gasteiger partial charge >= 0.3 is 12.1 Å². The predicted octanol–water partition coefficient (Wildman–Crippen LogP) is 3.86. The van der Waals surface area contributed by atoms with E-state index in [1.165, 1.54) is 13.0 Å². The third kappa shape index (κ3) is 3.06. The second kappa shape index (κ2) is 5.96. The fourth-order valence-electron chi connectivity index (χ4n) is 1.83. The fourth-order valence-corrected chi connectivity index (χ4v) is 1.99. The van der Waals surface area contributed by atoms with Gasteiger partial charge in [0.05, 0.1) is 12.3 Å². The molecule has 2 aromatic rings. The Morgan fingerprint density at radius 3 is 2.64 bits per heavy atom. The van der Waals surface area contributed by atoms with Gasteiger partial charge in [0.25, 0.3) is 0 Å². The minimum Gasteiger partial charge on any atom is -0.461 e. The highest BCUT2D eigenvalue weighted by Gasteiger charge is 2.41. The number of carbonyl (C=O) groups is 1. The Kier molecular flexibility index (Phi) is 4.41. The van der Waals surface area contributed by atoms with E-state index >= 15 is 0 Å². The summed E-state index contributed by atoms with van der Waals surface area (Å²) in [6, 6.07) is 3.15. The maximum absolute atomic E-state index is 13.8. The van der Waals surface area contributed by atoms with Crippen molar-refractivity contribution in [3.05, 3.63) is 46.8 Å². The minimum absolute atomic E-state index is 0.0283. The van der Waals surface area contributed by atoms with Gasteiger partial charge in [-0.1, -0.05) is 11.6 Å². The summed E-state index contributed by atoms with van der Waals surface area (Å²) >= 11 is 5.57. The van der Waals surface area contributed by atoms with Crippen molar-refractivity contribution >= 4 is 17.6 Å². The van der Waals surface area contributed by atoms with Gasteiger partial charge in [0.15, 0.2) is 11.4 Å². The van der Waals surface area contributed by atoms with Crippen molar-refractivity contribution in [2.75, 3.05) is 6.61 Å². The van der Waals surface area contributed by atoms with Gasteiger partial charge in [-0.15, -0.1) is 0 Å². The standard InChI is InChI=1S/C13H9ClF4N2O2/c1-2-22-12(21)10-11(13(16,17)18)20(6-19-10)9-4-3-7(14)5-8(9)15/h3-6H,2H2,1H3. The first-order valence-corrected chi connectivity index (χ1v) is 6.40. The van der Waals surface area contributed by atoms with Crippen molar-refractivity contribution in [1.29, 1.82) is 0 Å². The number of hydrogen-bond acceptors (Lipinski definition) is 3. The Balaban J connectivity index is 2.64. The quantitative estimate of drug-likeness (QED) is 0.631. The van der Waals surface area contributed by atoms with Crippen LogP contribution in [-0.4, -0.2) is 22.1 Å². The highest BCUT2D eigenvalue weighted by Crippen LogP contribution is 2.34. The lowest BCUT2D eigenvalue weighted by Crippen LogP contribution is -2.18.